The minimum Gasteiger partial charge on any atom is -0.462 e. The maximum atomic E-state index is 13.1. The molecule has 0 aliphatic heterocycles. The van der Waals surface area contributed by atoms with Crippen LogP contribution in [0.5, 0.6) is 0 Å². The number of nitrogens with one attached hydrogen (secondary N) is 1. The Morgan fingerprint density at radius 1 is 1.29 bits per heavy atom. The van der Waals surface area contributed by atoms with E-state index in [0.29, 0.717) is 35.7 Å². The quantitative estimate of drug-likeness (QED) is 0.478. The molecular formula is C21H25N3O3S. The summed E-state index contributed by atoms with van der Waals surface area (Å²) in [6.45, 7) is 8.08. The molecule has 7 heteroatoms. The Morgan fingerprint density at radius 3 is 2.68 bits per heavy atom. The van der Waals surface area contributed by atoms with E-state index in [1.807, 2.05) is 43.1 Å². The third kappa shape index (κ3) is 3.86. The summed E-state index contributed by atoms with van der Waals surface area (Å²) in [6, 6.07) is 7.65. The summed E-state index contributed by atoms with van der Waals surface area (Å²) in [5.74, 6) is -0.456. The number of esters is 1. The van der Waals surface area contributed by atoms with Gasteiger partial charge in [-0.3, -0.25) is 9.69 Å². The zero-order chi connectivity index (χ0) is 20.4. The number of aromatic nitrogens is 2. The fourth-order valence-corrected chi connectivity index (χ4v) is 4.28. The van der Waals surface area contributed by atoms with E-state index in [1.54, 1.807) is 32.1 Å². The summed E-state index contributed by atoms with van der Waals surface area (Å²) in [5.41, 5.74) is 3.18. The first-order valence-corrected chi connectivity index (χ1v) is 10.1. The van der Waals surface area contributed by atoms with Gasteiger partial charge in [0.25, 0.3) is 0 Å². The second-order valence-corrected chi connectivity index (χ2v) is 7.99. The second-order valence-electron chi connectivity index (χ2n) is 6.88. The van der Waals surface area contributed by atoms with E-state index in [1.165, 1.54) is 0 Å². The van der Waals surface area contributed by atoms with E-state index in [9.17, 15) is 9.59 Å². The maximum absolute atomic E-state index is 13.1. The van der Waals surface area contributed by atoms with Gasteiger partial charge in [0.05, 0.1) is 40.7 Å². The molecule has 0 aliphatic carbocycles. The number of ketones is 1. The van der Waals surface area contributed by atoms with Crippen molar-refractivity contribution in [2.75, 3.05) is 13.7 Å². The smallest absolute Gasteiger partial charge is 0.340 e. The second kappa shape index (κ2) is 8.24. The number of aromatic amines is 1. The molecule has 2 heterocycles. The van der Waals surface area contributed by atoms with Gasteiger partial charge in [-0.05, 0) is 52.4 Å². The molecule has 0 aliphatic rings. The minimum absolute atomic E-state index is 0.0558. The highest BCUT2D eigenvalue weighted by Crippen LogP contribution is 2.24. The molecule has 1 atom stereocenters. The number of H-pyrrole nitrogens is 1. The summed E-state index contributed by atoms with van der Waals surface area (Å²) in [7, 11) is 1.91. The average molecular weight is 400 g/mol. The Balaban J connectivity index is 1.78. The highest BCUT2D eigenvalue weighted by Gasteiger charge is 2.27. The number of ether oxygens (including phenoxy) is 1. The zero-order valence-corrected chi connectivity index (χ0v) is 17.6. The number of aryl methyl sites for hydroxylation is 1. The Labute approximate surface area is 168 Å². The highest BCUT2D eigenvalue weighted by atomic mass is 32.1. The van der Waals surface area contributed by atoms with E-state index < -0.39 is 5.97 Å². The van der Waals surface area contributed by atoms with Gasteiger partial charge in [0.1, 0.15) is 5.01 Å². The number of nitrogens with zero attached hydrogens (tertiary/aromatic N) is 2. The molecule has 1 N–H and O–H groups in total. The molecule has 2 aromatic heterocycles. The van der Waals surface area contributed by atoms with Gasteiger partial charge in [-0.25, -0.2) is 9.78 Å². The van der Waals surface area contributed by atoms with E-state index in [0.717, 1.165) is 15.2 Å². The molecular weight excluding hydrogens is 374 g/mol. The number of likely N-dealkylation sites (N-methyl/N-ethyl adjacent to an activating group) is 1. The number of para-hydroxylation sites is 1. The first kappa shape index (κ1) is 20.2. The normalized spacial score (nSPS) is 12.5. The lowest BCUT2D eigenvalue weighted by atomic mass is 10.0. The van der Waals surface area contributed by atoms with Crippen LogP contribution >= 0.6 is 11.3 Å². The number of thiazole rings is 1. The van der Waals surface area contributed by atoms with Crippen molar-refractivity contribution >= 4 is 33.3 Å². The van der Waals surface area contributed by atoms with Crippen molar-refractivity contribution < 1.29 is 14.3 Å². The SMILES string of the molecule is CCOC(=O)c1c(C)[nH]c(C(=O)[C@H](C)N(C)Cc2nc3ccccc3s2)c1C. The summed E-state index contributed by atoms with van der Waals surface area (Å²) in [4.78, 5) is 35.0. The van der Waals surface area contributed by atoms with Crippen LogP contribution in [-0.2, 0) is 11.3 Å². The van der Waals surface area contributed by atoms with Gasteiger partial charge < -0.3 is 9.72 Å². The molecule has 0 spiro atoms. The fourth-order valence-electron chi connectivity index (χ4n) is 3.25. The van der Waals surface area contributed by atoms with Gasteiger partial charge in [0.15, 0.2) is 5.78 Å². The van der Waals surface area contributed by atoms with Crippen LogP contribution in [0.15, 0.2) is 24.3 Å². The third-order valence-corrected chi connectivity index (χ3v) is 5.95. The van der Waals surface area contributed by atoms with E-state index in [2.05, 4.69) is 9.97 Å². The lowest BCUT2D eigenvalue weighted by molar-refractivity contribution is 0.0525. The molecule has 0 saturated heterocycles. The highest BCUT2D eigenvalue weighted by molar-refractivity contribution is 7.18. The molecule has 0 radical (unpaired) electrons. The molecule has 28 heavy (non-hydrogen) atoms. The first-order valence-electron chi connectivity index (χ1n) is 9.28. The lowest BCUT2D eigenvalue weighted by Crippen LogP contribution is -2.36. The first-order chi connectivity index (χ1) is 13.3. The molecule has 6 nitrogen and oxygen atoms in total. The molecule has 0 saturated carbocycles. The number of carbonyl (C=O) groups is 2. The van der Waals surface area contributed by atoms with Gasteiger partial charge in [-0.15, -0.1) is 11.3 Å². The van der Waals surface area contributed by atoms with Crippen molar-refractivity contribution in [1.82, 2.24) is 14.9 Å². The number of carbonyl (C=O) groups excluding carboxylic acids is 2. The van der Waals surface area contributed by atoms with Crippen LogP contribution in [0.4, 0.5) is 0 Å². The van der Waals surface area contributed by atoms with Crippen LogP contribution in [0.3, 0.4) is 0 Å². The van der Waals surface area contributed by atoms with Crippen LogP contribution in [0.1, 0.15) is 51.0 Å². The number of benzene rings is 1. The van der Waals surface area contributed by atoms with Crippen molar-refractivity contribution in [3.8, 4) is 0 Å². The molecule has 1 aromatic carbocycles. The van der Waals surface area contributed by atoms with Crippen LogP contribution in [-0.4, -0.2) is 46.3 Å². The summed E-state index contributed by atoms with van der Waals surface area (Å²) in [6.07, 6.45) is 0. The van der Waals surface area contributed by atoms with E-state index >= 15 is 0 Å². The maximum Gasteiger partial charge on any atom is 0.340 e. The molecule has 0 unspecified atom stereocenters. The molecule has 148 valence electrons. The number of hydrogen-bond donors (Lipinski definition) is 1. The number of hydrogen-bond acceptors (Lipinski definition) is 6. The minimum atomic E-state index is -0.400. The monoisotopic (exact) mass is 399 g/mol. The summed E-state index contributed by atoms with van der Waals surface area (Å²) < 4.78 is 6.25. The molecule has 0 amide bonds. The van der Waals surface area contributed by atoms with Crippen molar-refractivity contribution in [2.24, 2.45) is 0 Å². The van der Waals surface area contributed by atoms with Gasteiger partial charge in [-0.1, -0.05) is 12.1 Å². The Morgan fingerprint density at radius 2 is 2.00 bits per heavy atom. The standard InChI is InChI=1S/C21H25N3O3S/c1-6-27-21(26)18-12(2)19(22-13(18)3)20(25)14(4)24(5)11-17-23-15-9-7-8-10-16(15)28-17/h7-10,14,22H,6,11H2,1-5H3/t14-/m0/s1. The molecule has 3 rings (SSSR count). The lowest BCUT2D eigenvalue weighted by Gasteiger charge is -2.22. The van der Waals surface area contributed by atoms with E-state index in [4.69, 9.17) is 4.74 Å². The summed E-state index contributed by atoms with van der Waals surface area (Å²) >= 11 is 1.64. The number of rotatable bonds is 7. The van der Waals surface area contributed by atoms with Crippen molar-refractivity contribution in [3.63, 3.8) is 0 Å². The number of fused-ring (bicyclic) bond motifs is 1. The van der Waals surface area contributed by atoms with Crippen molar-refractivity contribution in [3.05, 3.63) is 51.8 Å². The third-order valence-electron chi connectivity index (χ3n) is 4.93. The van der Waals surface area contributed by atoms with Gasteiger partial charge in [0, 0.05) is 5.69 Å². The molecule has 0 bridgehead atoms. The van der Waals surface area contributed by atoms with Gasteiger partial charge in [0.2, 0.25) is 0 Å². The summed E-state index contributed by atoms with van der Waals surface area (Å²) in [5, 5.41) is 0.968. The predicted molar refractivity (Wildman–Crippen MR) is 111 cm³/mol. The van der Waals surface area contributed by atoms with Gasteiger partial charge in [-0.2, -0.15) is 0 Å². The molecule has 3 aromatic rings. The zero-order valence-electron chi connectivity index (χ0n) is 16.8. The van der Waals surface area contributed by atoms with Crippen LogP contribution < -0.4 is 0 Å². The Kier molecular flexibility index (Phi) is 5.96. The fraction of sp³-hybridized carbons (Fsp3) is 0.381. The van der Waals surface area contributed by atoms with Crippen molar-refractivity contribution in [1.29, 1.82) is 0 Å². The van der Waals surface area contributed by atoms with Crippen LogP contribution in [0.25, 0.3) is 10.2 Å². The number of Topliss-reactive ketones (excluding diaryl/α,β-unsaturated/α-hetero) is 1. The predicted octanol–water partition coefficient (Wildman–Crippen LogP) is 4.12. The van der Waals surface area contributed by atoms with Gasteiger partial charge >= 0.3 is 5.97 Å². The largest absolute Gasteiger partial charge is 0.462 e. The van der Waals surface area contributed by atoms with Crippen molar-refractivity contribution in [2.45, 2.75) is 40.3 Å². The Bertz CT molecular complexity index is 988. The van der Waals surface area contributed by atoms with Crippen LogP contribution in [0.2, 0.25) is 0 Å². The topological polar surface area (TPSA) is 75.3 Å². The van der Waals surface area contributed by atoms with Crippen LogP contribution in [0, 0.1) is 13.8 Å². The average Bonchev–Trinajstić information content (AvgIpc) is 3.20. The van der Waals surface area contributed by atoms with E-state index in [-0.39, 0.29) is 11.8 Å². The molecule has 0 fully saturated rings. The Hall–Kier alpha value is -2.51.